The summed E-state index contributed by atoms with van der Waals surface area (Å²) >= 11 is 0. The monoisotopic (exact) mass is 627 g/mol. The van der Waals surface area contributed by atoms with Crippen LogP contribution in [0, 0.1) is 0 Å². The van der Waals surface area contributed by atoms with E-state index in [1.807, 2.05) is 12.1 Å². The second-order valence-electron chi connectivity index (χ2n) is 12.6. The molecule has 0 aliphatic carbocycles. The van der Waals surface area contributed by atoms with Gasteiger partial charge in [0.1, 0.15) is 22.3 Å². The molecule has 0 radical (unpaired) electrons. The van der Waals surface area contributed by atoms with Crippen LogP contribution in [0.3, 0.4) is 0 Å². The highest BCUT2D eigenvalue weighted by atomic mass is 16.3. The molecule has 10 aromatic rings. The first kappa shape index (κ1) is 27.5. The van der Waals surface area contributed by atoms with Crippen molar-refractivity contribution in [1.82, 2.24) is 0 Å². The van der Waals surface area contributed by atoms with E-state index in [0.717, 1.165) is 72.1 Å². The Balaban J connectivity index is 1.13. The Morgan fingerprint density at radius 2 is 0.918 bits per heavy atom. The molecule has 0 spiro atoms. The SMILES string of the molecule is c1ccc(-c2ccc(N(c3ccc4ccccc4c3)c3ccc4c(c3)oc3cc5c(cc34)oc3cccc(-c4ccccc4)c35)cc2)cc1. The largest absolute Gasteiger partial charge is 0.456 e. The molecule has 0 saturated heterocycles. The molecule has 0 amide bonds. The second kappa shape index (κ2) is 11.0. The molecular weight excluding hydrogens is 599 g/mol. The van der Waals surface area contributed by atoms with Gasteiger partial charge in [-0.2, -0.15) is 0 Å². The fourth-order valence-corrected chi connectivity index (χ4v) is 7.28. The lowest BCUT2D eigenvalue weighted by atomic mass is 9.99. The third kappa shape index (κ3) is 4.59. The van der Waals surface area contributed by atoms with Gasteiger partial charge in [0.05, 0.1) is 0 Å². The predicted octanol–water partition coefficient (Wildman–Crippen LogP) is 13.4. The van der Waals surface area contributed by atoms with Crippen LogP contribution in [0.1, 0.15) is 0 Å². The fourth-order valence-electron chi connectivity index (χ4n) is 7.28. The number of anilines is 3. The molecule has 0 unspecified atom stereocenters. The van der Waals surface area contributed by atoms with E-state index in [9.17, 15) is 0 Å². The maximum Gasteiger partial charge on any atom is 0.137 e. The Kier molecular flexibility index (Phi) is 6.18. The van der Waals surface area contributed by atoms with Crippen molar-refractivity contribution < 1.29 is 8.83 Å². The topological polar surface area (TPSA) is 29.5 Å². The summed E-state index contributed by atoms with van der Waals surface area (Å²) in [5.41, 5.74) is 11.3. The molecule has 0 aliphatic heterocycles. The fraction of sp³-hybridized carbons (Fsp3) is 0. The van der Waals surface area contributed by atoms with E-state index < -0.39 is 0 Å². The highest BCUT2D eigenvalue weighted by Crippen LogP contribution is 2.43. The number of nitrogens with zero attached hydrogens (tertiary/aromatic N) is 1. The quantitative estimate of drug-likeness (QED) is 0.190. The average molecular weight is 628 g/mol. The van der Waals surface area contributed by atoms with Crippen LogP contribution in [0.5, 0.6) is 0 Å². The molecule has 0 fully saturated rings. The van der Waals surface area contributed by atoms with Gasteiger partial charge in [0.15, 0.2) is 0 Å². The number of rotatable bonds is 5. The third-order valence-electron chi connectivity index (χ3n) is 9.64. The summed E-state index contributed by atoms with van der Waals surface area (Å²) in [4.78, 5) is 2.30. The number of hydrogen-bond acceptors (Lipinski definition) is 3. The Morgan fingerprint density at radius 1 is 0.327 bits per heavy atom. The van der Waals surface area contributed by atoms with Gasteiger partial charge in [-0.3, -0.25) is 0 Å². The smallest absolute Gasteiger partial charge is 0.137 e. The molecule has 230 valence electrons. The standard InChI is InChI=1S/C46H29NO2/c1-3-10-30(11-4-1)32-18-21-35(22-19-32)47(36-23-20-31-12-7-8-15-34(31)26-36)37-24-25-39-40-28-45-41(29-44(40)49-43(39)27-37)46-38(16-9-17-42(46)48-45)33-13-5-2-6-14-33/h1-29H. The lowest BCUT2D eigenvalue weighted by Crippen LogP contribution is -2.09. The van der Waals surface area contributed by atoms with E-state index >= 15 is 0 Å². The van der Waals surface area contributed by atoms with Crippen molar-refractivity contribution in [3.05, 3.63) is 176 Å². The summed E-state index contributed by atoms with van der Waals surface area (Å²) < 4.78 is 13.1. The van der Waals surface area contributed by atoms with Crippen molar-refractivity contribution in [1.29, 1.82) is 0 Å². The summed E-state index contributed by atoms with van der Waals surface area (Å²) in [6.07, 6.45) is 0. The molecule has 0 bridgehead atoms. The predicted molar refractivity (Wildman–Crippen MR) is 204 cm³/mol. The van der Waals surface area contributed by atoms with E-state index in [4.69, 9.17) is 8.83 Å². The van der Waals surface area contributed by atoms with E-state index in [2.05, 4.69) is 169 Å². The number of fused-ring (bicyclic) bond motifs is 7. The van der Waals surface area contributed by atoms with Gasteiger partial charge in [0.25, 0.3) is 0 Å². The van der Waals surface area contributed by atoms with Crippen LogP contribution in [0.25, 0.3) is 76.9 Å². The minimum absolute atomic E-state index is 0.833. The van der Waals surface area contributed by atoms with Crippen LogP contribution < -0.4 is 4.90 Å². The van der Waals surface area contributed by atoms with Crippen molar-refractivity contribution in [3.8, 4) is 22.3 Å². The zero-order valence-electron chi connectivity index (χ0n) is 26.5. The van der Waals surface area contributed by atoms with Crippen molar-refractivity contribution in [2.75, 3.05) is 4.90 Å². The minimum Gasteiger partial charge on any atom is -0.456 e. The van der Waals surface area contributed by atoms with Crippen LogP contribution in [0.2, 0.25) is 0 Å². The van der Waals surface area contributed by atoms with E-state index in [1.165, 1.54) is 21.9 Å². The van der Waals surface area contributed by atoms with Gasteiger partial charge >= 0.3 is 0 Å². The summed E-state index contributed by atoms with van der Waals surface area (Å²) in [5.74, 6) is 0. The van der Waals surface area contributed by atoms with E-state index in [1.54, 1.807) is 0 Å². The van der Waals surface area contributed by atoms with E-state index in [-0.39, 0.29) is 0 Å². The normalized spacial score (nSPS) is 11.7. The first-order valence-electron chi connectivity index (χ1n) is 16.6. The zero-order valence-corrected chi connectivity index (χ0v) is 26.5. The average Bonchev–Trinajstić information content (AvgIpc) is 3.71. The third-order valence-corrected chi connectivity index (χ3v) is 9.64. The molecule has 49 heavy (non-hydrogen) atoms. The number of furan rings is 2. The summed E-state index contributed by atoms with van der Waals surface area (Å²) in [6, 6.07) is 62.0. The van der Waals surface area contributed by atoms with Crippen LogP contribution in [0.4, 0.5) is 17.1 Å². The molecule has 3 nitrogen and oxygen atoms in total. The highest BCUT2D eigenvalue weighted by molar-refractivity contribution is 6.18. The molecule has 0 atom stereocenters. The van der Waals surface area contributed by atoms with Gasteiger partial charge in [0.2, 0.25) is 0 Å². The van der Waals surface area contributed by atoms with Gasteiger partial charge in [-0.25, -0.2) is 0 Å². The molecule has 0 aliphatic rings. The van der Waals surface area contributed by atoms with Crippen LogP contribution >= 0.6 is 0 Å². The Labute approximate surface area is 282 Å². The van der Waals surface area contributed by atoms with Crippen LogP contribution in [-0.2, 0) is 0 Å². The summed E-state index contributed by atoms with van der Waals surface area (Å²) in [7, 11) is 0. The van der Waals surface area contributed by atoms with Gasteiger partial charge in [-0.15, -0.1) is 0 Å². The van der Waals surface area contributed by atoms with Gasteiger partial charge in [-0.1, -0.05) is 115 Å². The number of hydrogen-bond donors (Lipinski definition) is 0. The Bertz CT molecular complexity index is 2810. The molecule has 8 aromatic carbocycles. The molecule has 3 heteroatoms. The van der Waals surface area contributed by atoms with E-state index in [0.29, 0.717) is 0 Å². The van der Waals surface area contributed by atoms with Crippen LogP contribution in [0.15, 0.2) is 185 Å². The van der Waals surface area contributed by atoms with Crippen molar-refractivity contribution in [2.45, 2.75) is 0 Å². The molecule has 0 N–H and O–H groups in total. The first-order valence-corrected chi connectivity index (χ1v) is 16.6. The van der Waals surface area contributed by atoms with Crippen molar-refractivity contribution in [2.24, 2.45) is 0 Å². The second-order valence-corrected chi connectivity index (χ2v) is 12.6. The molecular formula is C46H29NO2. The lowest BCUT2D eigenvalue weighted by molar-refractivity contribution is 0.664. The first-order chi connectivity index (χ1) is 24.3. The molecule has 2 aromatic heterocycles. The minimum atomic E-state index is 0.833. The zero-order chi connectivity index (χ0) is 32.3. The lowest BCUT2D eigenvalue weighted by Gasteiger charge is -2.26. The summed E-state index contributed by atoms with van der Waals surface area (Å²) in [6.45, 7) is 0. The maximum absolute atomic E-state index is 6.67. The van der Waals surface area contributed by atoms with Crippen molar-refractivity contribution in [3.63, 3.8) is 0 Å². The van der Waals surface area contributed by atoms with Gasteiger partial charge < -0.3 is 13.7 Å². The molecule has 0 saturated carbocycles. The Hall–Kier alpha value is -6.58. The summed E-state index contributed by atoms with van der Waals surface area (Å²) in [5, 5.41) is 6.66. The molecule has 10 rings (SSSR count). The highest BCUT2D eigenvalue weighted by Gasteiger charge is 2.19. The molecule has 2 heterocycles. The maximum atomic E-state index is 6.67. The van der Waals surface area contributed by atoms with Gasteiger partial charge in [0, 0.05) is 44.7 Å². The Morgan fingerprint density at radius 3 is 1.73 bits per heavy atom. The van der Waals surface area contributed by atoms with Gasteiger partial charge in [-0.05, 0) is 87.6 Å². The van der Waals surface area contributed by atoms with Crippen molar-refractivity contribution >= 4 is 71.7 Å². The number of benzene rings is 8. The van der Waals surface area contributed by atoms with Crippen LogP contribution in [-0.4, -0.2) is 0 Å².